The van der Waals surface area contributed by atoms with Crippen LogP contribution in [-0.4, -0.2) is 55.0 Å². The number of amides is 1. The van der Waals surface area contributed by atoms with E-state index in [0.29, 0.717) is 31.1 Å². The van der Waals surface area contributed by atoms with Crippen molar-refractivity contribution < 1.29 is 13.2 Å². The van der Waals surface area contributed by atoms with Gasteiger partial charge in [0.1, 0.15) is 0 Å². The molecule has 0 aliphatic carbocycles. The van der Waals surface area contributed by atoms with Crippen molar-refractivity contribution in [2.24, 2.45) is 0 Å². The Morgan fingerprint density at radius 1 is 0.963 bits per heavy atom. The summed E-state index contributed by atoms with van der Waals surface area (Å²) in [5.74, 6) is 0.0531. The van der Waals surface area contributed by atoms with Crippen molar-refractivity contribution in [3.8, 4) is 0 Å². The first-order valence-electron chi connectivity index (χ1n) is 8.95. The first-order valence-corrected chi connectivity index (χ1v) is 11.3. The lowest BCUT2D eigenvalue weighted by Gasteiger charge is -2.35. The van der Waals surface area contributed by atoms with E-state index in [1.54, 1.807) is 35.2 Å². The van der Waals surface area contributed by atoms with Gasteiger partial charge in [-0.2, -0.15) is 4.31 Å². The summed E-state index contributed by atoms with van der Waals surface area (Å²) in [5, 5.41) is -0.204. The maximum absolute atomic E-state index is 12.7. The molecule has 1 saturated heterocycles. The molecule has 0 saturated carbocycles. The van der Waals surface area contributed by atoms with Gasteiger partial charge < -0.3 is 4.90 Å². The van der Waals surface area contributed by atoms with Gasteiger partial charge in [0.25, 0.3) is 0 Å². The zero-order chi connectivity index (χ0) is 19.4. The van der Waals surface area contributed by atoms with E-state index in [2.05, 4.69) is 0 Å². The minimum atomic E-state index is -3.49. The predicted octanol–water partition coefficient (Wildman–Crippen LogP) is 3.01. The average Bonchev–Trinajstić information content (AvgIpc) is 2.70. The van der Waals surface area contributed by atoms with Crippen molar-refractivity contribution in [3.05, 3.63) is 60.2 Å². The Hall–Kier alpha value is -1.83. The number of hydrogen-bond donors (Lipinski definition) is 0. The van der Waals surface area contributed by atoms with Gasteiger partial charge in [-0.25, -0.2) is 8.42 Å². The number of piperazine rings is 1. The zero-order valence-electron chi connectivity index (χ0n) is 15.5. The van der Waals surface area contributed by atoms with Crippen LogP contribution in [0.25, 0.3) is 0 Å². The molecule has 1 heterocycles. The predicted molar refractivity (Wildman–Crippen MR) is 108 cm³/mol. The molecule has 5 nitrogen and oxygen atoms in total. The third kappa shape index (κ3) is 4.72. The van der Waals surface area contributed by atoms with Crippen molar-refractivity contribution >= 4 is 27.7 Å². The summed E-state index contributed by atoms with van der Waals surface area (Å²) in [6, 6.07) is 16.6. The smallest absolute Gasteiger partial charge is 0.243 e. The summed E-state index contributed by atoms with van der Waals surface area (Å²) < 4.78 is 26.8. The number of thioether (sulfide) groups is 1. The van der Waals surface area contributed by atoms with Crippen LogP contribution < -0.4 is 0 Å². The second-order valence-corrected chi connectivity index (χ2v) is 9.97. The lowest BCUT2D eigenvalue weighted by Crippen LogP contribution is -2.52. The lowest BCUT2D eigenvalue weighted by molar-refractivity contribution is -0.131. The highest BCUT2D eigenvalue weighted by atomic mass is 32.2. The molecule has 1 unspecified atom stereocenters. The van der Waals surface area contributed by atoms with Gasteiger partial charge in [-0.05, 0) is 38.1 Å². The van der Waals surface area contributed by atoms with Crippen LogP contribution in [0, 0.1) is 6.92 Å². The molecule has 1 aliphatic heterocycles. The fourth-order valence-electron chi connectivity index (χ4n) is 3.02. The van der Waals surface area contributed by atoms with Crippen LogP contribution in [0.4, 0.5) is 0 Å². The van der Waals surface area contributed by atoms with E-state index in [0.717, 1.165) is 4.90 Å². The molecule has 7 heteroatoms. The monoisotopic (exact) mass is 404 g/mol. The number of hydrogen-bond acceptors (Lipinski definition) is 4. The molecule has 0 bridgehead atoms. The van der Waals surface area contributed by atoms with Gasteiger partial charge in [0.15, 0.2) is 0 Å². The van der Waals surface area contributed by atoms with E-state index in [-0.39, 0.29) is 11.2 Å². The molecule has 0 spiro atoms. The number of nitrogens with zero attached hydrogens (tertiary/aromatic N) is 2. The van der Waals surface area contributed by atoms with Gasteiger partial charge in [-0.15, -0.1) is 11.8 Å². The van der Waals surface area contributed by atoms with Crippen LogP contribution in [0.2, 0.25) is 0 Å². The summed E-state index contributed by atoms with van der Waals surface area (Å²) in [4.78, 5) is 15.9. The van der Waals surface area contributed by atoms with Crippen molar-refractivity contribution in [1.82, 2.24) is 9.21 Å². The Morgan fingerprint density at radius 2 is 1.56 bits per heavy atom. The molecule has 1 fully saturated rings. The van der Waals surface area contributed by atoms with Gasteiger partial charge in [-0.1, -0.05) is 35.9 Å². The number of carbonyl (C=O) groups excluding carboxylic acids is 1. The van der Waals surface area contributed by atoms with Crippen molar-refractivity contribution in [2.75, 3.05) is 26.2 Å². The lowest BCUT2D eigenvalue weighted by atomic mass is 10.2. The summed E-state index contributed by atoms with van der Waals surface area (Å²) >= 11 is 1.53. The van der Waals surface area contributed by atoms with Crippen LogP contribution >= 0.6 is 11.8 Å². The highest BCUT2D eigenvalue weighted by Gasteiger charge is 2.31. The third-order valence-corrected chi connectivity index (χ3v) is 7.63. The van der Waals surface area contributed by atoms with Crippen molar-refractivity contribution in [1.29, 1.82) is 0 Å². The minimum absolute atomic E-state index is 0.0531. The Labute approximate surface area is 165 Å². The molecule has 0 N–H and O–H groups in total. The Kier molecular flexibility index (Phi) is 6.24. The normalized spacial score (nSPS) is 16.9. The van der Waals surface area contributed by atoms with E-state index in [4.69, 9.17) is 0 Å². The minimum Gasteiger partial charge on any atom is -0.339 e. The van der Waals surface area contributed by atoms with Crippen LogP contribution in [0.3, 0.4) is 0 Å². The molecule has 27 heavy (non-hydrogen) atoms. The molecular formula is C20H24N2O3S2. The second kappa shape index (κ2) is 8.46. The maximum Gasteiger partial charge on any atom is 0.243 e. The van der Waals surface area contributed by atoms with Crippen LogP contribution in [-0.2, 0) is 14.8 Å². The fraction of sp³-hybridized carbons (Fsp3) is 0.350. The quantitative estimate of drug-likeness (QED) is 0.719. The first-order chi connectivity index (χ1) is 12.9. The zero-order valence-corrected chi connectivity index (χ0v) is 17.2. The molecule has 0 aromatic heterocycles. The van der Waals surface area contributed by atoms with Gasteiger partial charge in [0.05, 0.1) is 10.1 Å². The second-order valence-electron chi connectivity index (χ2n) is 6.62. The average molecular weight is 405 g/mol. The fourth-order valence-corrected chi connectivity index (χ4v) is 5.41. The van der Waals surface area contributed by atoms with Gasteiger partial charge >= 0.3 is 0 Å². The first kappa shape index (κ1) is 19.9. The maximum atomic E-state index is 12.7. The molecule has 1 atom stereocenters. The number of benzene rings is 2. The SMILES string of the molecule is Cc1ccc(SC(C)C(=O)N2CCN(S(=O)(=O)c3ccccc3)CC2)cc1. The van der Waals surface area contributed by atoms with Crippen molar-refractivity contribution in [2.45, 2.75) is 28.9 Å². The molecule has 1 aliphatic rings. The van der Waals surface area contributed by atoms with Crippen LogP contribution in [0.5, 0.6) is 0 Å². The van der Waals surface area contributed by atoms with E-state index in [1.165, 1.54) is 21.6 Å². The van der Waals surface area contributed by atoms with Gasteiger partial charge in [0, 0.05) is 31.1 Å². The van der Waals surface area contributed by atoms with E-state index >= 15 is 0 Å². The van der Waals surface area contributed by atoms with Crippen LogP contribution in [0.15, 0.2) is 64.4 Å². The Balaban J connectivity index is 1.58. The molecule has 1 amide bonds. The van der Waals surface area contributed by atoms with Crippen molar-refractivity contribution in [3.63, 3.8) is 0 Å². The highest BCUT2D eigenvalue weighted by molar-refractivity contribution is 8.00. The summed E-state index contributed by atoms with van der Waals surface area (Å²) in [6.07, 6.45) is 0. The molecular weight excluding hydrogens is 380 g/mol. The largest absolute Gasteiger partial charge is 0.339 e. The van der Waals surface area contributed by atoms with E-state index < -0.39 is 10.0 Å². The van der Waals surface area contributed by atoms with Gasteiger partial charge in [-0.3, -0.25) is 4.79 Å². The number of carbonyl (C=O) groups is 1. The Morgan fingerprint density at radius 3 is 2.15 bits per heavy atom. The van der Waals surface area contributed by atoms with Gasteiger partial charge in [0.2, 0.25) is 15.9 Å². The number of rotatable bonds is 5. The van der Waals surface area contributed by atoms with E-state index in [9.17, 15) is 13.2 Å². The number of aryl methyl sites for hydroxylation is 1. The standard InChI is InChI=1S/C20H24N2O3S2/c1-16-8-10-18(11-9-16)26-17(2)20(23)21-12-14-22(15-13-21)27(24,25)19-6-4-3-5-7-19/h3-11,17H,12-15H2,1-2H3. The topological polar surface area (TPSA) is 57.7 Å². The summed E-state index contributed by atoms with van der Waals surface area (Å²) in [5.41, 5.74) is 1.19. The third-order valence-electron chi connectivity index (χ3n) is 4.61. The molecule has 3 rings (SSSR count). The highest BCUT2D eigenvalue weighted by Crippen LogP contribution is 2.25. The van der Waals surface area contributed by atoms with Crippen LogP contribution in [0.1, 0.15) is 12.5 Å². The molecule has 2 aromatic carbocycles. The Bertz CT molecular complexity index is 875. The summed E-state index contributed by atoms with van der Waals surface area (Å²) in [6.45, 7) is 5.43. The summed E-state index contributed by atoms with van der Waals surface area (Å²) in [7, 11) is -3.49. The molecule has 2 aromatic rings. The number of sulfonamides is 1. The molecule has 0 radical (unpaired) electrons. The molecule has 144 valence electrons. The van der Waals surface area contributed by atoms with E-state index in [1.807, 2.05) is 38.1 Å².